The quantitative estimate of drug-likeness (QED) is 0.769. The van der Waals surface area contributed by atoms with Gasteiger partial charge in [-0.25, -0.2) is 0 Å². The molecule has 6 nitrogen and oxygen atoms in total. The van der Waals surface area contributed by atoms with Crippen molar-refractivity contribution < 1.29 is 19.0 Å². The van der Waals surface area contributed by atoms with Gasteiger partial charge in [-0.1, -0.05) is 6.07 Å². The molecule has 1 aliphatic heterocycles. The zero-order chi connectivity index (χ0) is 18.6. The van der Waals surface area contributed by atoms with Crippen LogP contribution >= 0.6 is 12.4 Å². The van der Waals surface area contributed by atoms with Crippen molar-refractivity contribution in [2.45, 2.75) is 63.1 Å². The summed E-state index contributed by atoms with van der Waals surface area (Å²) >= 11 is 0. The van der Waals surface area contributed by atoms with Crippen LogP contribution in [0.25, 0.3) is 0 Å². The molecule has 1 atom stereocenters. The van der Waals surface area contributed by atoms with Gasteiger partial charge in [0.25, 0.3) is 0 Å². The van der Waals surface area contributed by atoms with E-state index in [0.717, 1.165) is 24.2 Å². The highest BCUT2D eigenvalue weighted by atomic mass is 35.5. The third-order valence-electron chi connectivity index (χ3n) is 5.47. The highest BCUT2D eigenvalue weighted by Gasteiger charge is 2.36. The second kappa shape index (κ2) is 9.62. The first-order valence-electron chi connectivity index (χ1n) is 9.54. The average molecular weight is 399 g/mol. The number of nitrogens with one attached hydrogen (secondary N) is 1. The number of nitrogens with two attached hydrogens (primary N) is 1. The lowest BCUT2D eigenvalue weighted by Crippen LogP contribution is -2.57. The number of halogens is 1. The van der Waals surface area contributed by atoms with Gasteiger partial charge >= 0.3 is 0 Å². The van der Waals surface area contributed by atoms with Crippen molar-refractivity contribution in [2.24, 2.45) is 5.73 Å². The van der Waals surface area contributed by atoms with E-state index < -0.39 is 5.54 Å². The van der Waals surface area contributed by atoms with E-state index in [2.05, 4.69) is 5.32 Å². The summed E-state index contributed by atoms with van der Waals surface area (Å²) in [5.74, 6) is 1.34. The maximum absolute atomic E-state index is 12.6. The number of carbonyl (C=O) groups is 1. The standard InChI is InChI=1S/C20H30N2O4.ClH/c1-14(22-19(23)20(21)9-11-25-12-10-20)15-7-8-17(18(13-15)24-2)26-16-5-3-4-6-16;/h7-8,13-14,16H,3-6,9-12,21H2,1-2H3,(H,22,23);1H. The second-order valence-corrected chi connectivity index (χ2v) is 7.40. The molecule has 2 fully saturated rings. The smallest absolute Gasteiger partial charge is 0.240 e. The molecule has 3 rings (SSSR count). The van der Waals surface area contributed by atoms with Crippen molar-refractivity contribution >= 4 is 18.3 Å². The molecule has 1 aromatic rings. The minimum Gasteiger partial charge on any atom is -0.493 e. The Balaban J connectivity index is 0.00000261. The van der Waals surface area contributed by atoms with Crippen molar-refractivity contribution in [3.63, 3.8) is 0 Å². The average Bonchev–Trinajstić information content (AvgIpc) is 3.15. The van der Waals surface area contributed by atoms with Crippen LogP contribution in [-0.2, 0) is 9.53 Å². The van der Waals surface area contributed by atoms with Crippen LogP contribution in [0, 0.1) is 0 Å². The number of amides is 1. The Bertz CT molecular complexity index is 628. The fraction of sp³-hybridized carbons (Fsp3) is 0.650. The van der Waals surface area contributed by atoms with Crippen molar-refractivity contribution in [1.82, 2.24) is 5.32 Å². The molecular formula is C20H31ClN2O4. The van der Waals surface area contributed by atoms with Gasteiger partial charge in [0, 0.05) is 13.2 Å². The van der Waals surface area contributed by atoms with E-state index in [0.29, 0.717) is 31.8 Å². The summed E-state index contributed by atoms with van der Waals surface area (Å²) in [5, 5.41) is 3.03. The summed E-state index contributed by atoms with van der Waals surface area (Å²) in [6.07, 6.45) is 6.00. The van der Waals surface area contributed by atoms with E-state index in [1.54, 1.807) is 7.11 Å². The first-order valence-corrected chi connectivity index (χ1v) is 9.54. The summed E-state index contributed by atoms with van der Waals surface area (Å²) in [7, 11) is 1.64. The van der Waals surface area contributed by atoms with E-state index in [-0.39, 0.29) is 30.5 Å². The van der Waals surface area contributed by atoms with Crippen LogP contribution in [0.5, 0.6) is 11.5 Å². The molecule has 0 aromatic heterocycles. The number of carbonyl (C=O) groups excluding carboxylic acids is 1. The van der Waals surface area contributed by atoms with Gasteiger partial charge in [-0.15, -0.1) is 12.4 Å². The lowest BCUT2D eigenvalue weighted by Gasteiger charge is -2.33. The van der Waals surface area contributed by atoms with E-state index in [1.807, 2.05) is 25.1 Å². The van der Waals surface area contributed by atoms with Crippen LogP contribution in [-0.4, -0.2) is 37.9 Å². The fourth-order valence-corrected chi connectivity index (χ4v) is 3.62. The Labute approximate surface area is 167 Å². The Kier molecular flexibility index (Phi) is 7.77. The molecule has 27 heavy (non-hydrogen) atoms. The molecule has 1 saturated heterocycles. The van der Waals surface area contributed by atoms with Gasteiger partial charge in [0.2, 0.25) is 5.91 Å². The van der Waals surface area contributed by atoms with Crippen molar-refractivity contribution in [3.05, 3.63) is 23.8 Å². The van der Waals surface area contributed by atoms with Crippen LogP contribution < -0.4 is 20.5 Å². The molecule has 1 heterocycles. The van der Waals surface area contributed by atoms with Crippen LogP contribution in [0.3, 0.4) is 0 Å². The van der Waals surface area contributed by atoms with Gasteiger partial charge in [0.15, 0.2) is 11.5 Å². The fourth-order valence-electron chi connectivity index (χ4n) is 3.62. The van der Waals surface area contributed by atoms with Crippen molar-refractivity contribution in [2.75, 3.05) is 20.3 Å². The minimum atomic E-state index is -0.845. The lowest BCUT2D eigenvalue weighted by atomic mass is 9.90. The normalized spacial score (nSPS) is 20.4. The van der Waals surface area contributed by atoms with Gasteiger partial charge in [-0.2, -0.15) is 0 Å². The van der Waals surface area contributed by atoms with Crippen molar-refractivity contribution in [3.8, 4) is 11.5 Å². The van der Waals surface area contributed by atoms with Crippen LogP contribution in [0.2, 0.25) is 0 Å². The zero-order valence-corrected chi connectivity index (χ0v) is 17.0. The summed E-state index contributed by atoms with van der Waals surface area (Å²) in [5.41, 5.74) is 6.38. The van der Waals surface area contributed by atoms with Crippen LogP contribution in [0.1, 0.15) is 57.1 Å². The summed E-state index contributed by atoms with van der Waals surface area (Å²) < 4.78 is 16.9. The summed E-state index contributed by atoms with van der Waals surface area (Å²) in [6, 6.07) is 5.68. The number of hydrogen-bond donors (Lipinski definition) is 2. The molecule has 152 valence electrons. The third-order valence-corrected chi connectivity index (χ3v) is 5.47. The highest BCUT2D eigenvalue weighted by molar-refractivity contribution is 5.86. The Hall–Kier alpha value is -1.50. The molecule has 0 bridgehead atoms. The topological polar surface area (TPSA) is 82.8 Å². The second-order valence-electron chi connectivity index (χ2n) is 7.40. The molecule has 2 aliphatic rings. The maximum atomic E-state index is 12.6. The number of hydrogen-bond acceptors (Lipinski definition) is 5. The van der Waals surface area contributed by atoms with Gasteiger partial charge in [-0.3, -0.25) is 4.79 Å². The summed E-state index contributed by atoms with van der Waals surface area (Å²) in [6.45, 7) is 3.01. The van der Waals surface area contributed by atoms with Gasteiger partial charge in [0.1, 0.15) is 0 Å². The summed E-state index contributed by atoms with van der Waals surface area (Å²) in [4.78, 5) is 12.6. The molecule has 0 spiro atoms. The number of ether oxygens (including phenoxy) is 3. The number of methoxy groups -OCH3 is 1. The van der Waals surface area contributed by atoms with E-state index in [4.69, 9.17) is 19.9 Å². The van der Waals surface area contributed by atoms with Crippen molar-refractivity contribution in [1.29, 1.82) is 0 Å². The first-order chi connectivity index (χ1) is 12.5. The number of benzene rings is 1. The Morgan fingerprint density at radius 3 is 2.56 bits per heavy atom. The Morgan fingerprint density at radius 1 is 1.26 bits per heavy atom. The minimum absolute atomic E-state index is 0. The molecular weight excluding hydrogens is 368 g/mol. The van der Waals surface area contributed by atoms with Gasteiger partial charge in [-0.05, 0) is 63.1 Å². The van der Waals surface area contributed by atoms with E-state index >= 15 is 0 Å². The molecule has 7 heteroatoms. The molecule has 3 N–H and O–H groups in total. The van der Waals surface area contributed by atoms with Crippen LogP contribution in [0.15, 0.2) is 18.2 Å². The molecule has 1 unspecified atom stereocenters. The largest absolute Gasteiger partial charge is 0.493 e. The predicted octanol–water partition coefficient (Wildman–Crippen LogP) is 3.12. The Morgan fingerprint density at radius 2 is 1.93 bits per heavy atom. The first kappa shape index (κ1) is 21.8. The molecule has 1 amide bonds. The lowest BCUT2D eigenvalue weighted by molar-refractivity contribution is -0.130. The number of rotatable bonds is 6. The predicted molar refractivity (Wildman–Crippen MR) is 107 cm³/mol. The molecule has 1 aromatic carbocycles. The van der Waals surface area contributed by atoms with E-state index in [9.17, 15) is 4.79 Å². The SMILES string of the molecule is COc1cc(C(C)NC(=O)C2(N)CCOCC2)ccc1OC1CCCC1.Cl. The zero-order valence-electron chi connectivity index (χ0n) is 16.2. The highest BCUT2D eigenvalue weighted by Crippen LogP contribution is 2.34. The van der Waals surface area contributed by atoms with Gasteiger partial charge in [0.05, 0.1) is 24.8 Å². The maximum Gasteiger partial charge on any atom is 0.240 e. The van der Waals surface area contributed by atoms with Gasteiger partial charge < -0.3 is 25.3 Å². The van der Waals surface area contributed by atoms with E-state index in [1.165, 1.54) is 12.8 Å². The monoisotopic (exact) mass is 398 g/mol. The molecule has 1 saturated carbocycles. The molecule has 1 aliphatic carbocycles. The molecule has 0 radical (unpaired) electrons. The third kappa shape index (κ3) is 5.27. The van der Waals surface area contributed by atoms with Crippen LogP contribution in [0.4, 0.5) is 0 Å².